The summed E-state index contributed by atoms with van der Waals surface area (Å²) in [7, 11) is 0. The van der Waals surface area contributed by atoms with Crippen LogP contribution in [0.3, 0.4) is 0 Å². The molecular formula is C14H12Br2O2. The molecule has 2 N–H and O–H groups in total. The Kier molecular flexibility index (Phi) is 4.56. The number of hydrogen-bond donors (Lipinski definition) is 2. The first-order valence-electron chi connectivity index (χ1n) is 5.45. The van der Waals surface area contributed by atoms with Gasteiger partial charge in [-0.3, -0.25) is 0 Å². The van der Waals surface area contributed by atoms with E-state index in [1.807, 2.05) is 24.3 Å². The largest absolute Gasteiger partial charge is 0.385 e. The van der Waals surface area contributed by atoms with Crippen LogP contribution >= 0.6 is 31.9 Å². The van der Waals surface area contributed by atoms with Crippen molar-refractivity contribution < 1.29 is 10.2 Å². The van der Waals surface area contributed by atoms with E-state index in [2.05, 4.69) is 31.9 Å². The van der Waals surface area contributed by atoms with Gasteiger partial charge in [-0.2, -0.15) is 0 Å². The number of hydrogen-bond acceptors (Lipinski definition) is 2. The average molecular weight is 372 g/mol. The molecule has 2 nitrogen and oxygen atoms in total. The van der Waals surface area contributed by atoms with Gasteiger partial charge in [-0.15, -0.1) is 0 Å². The van der Waals surface area contributed by atoms with E-state index in [-0.39, 0.29) is 0 Å². The highest BCUT2D eigenvalue weighted by Gasteiger charge is 2.20. The van der Waals surface area contributed by atoms with Gasteiger partial charge in [0.1, 0.15) is 12.2 Å². The fourth-order valence-corrected chi connectivity index (χ4v) is 2.58. The Hall–Kier alpha value is -0.680. The summed E-state index contributed by atoms with van der Waals surface area (Å²) in [6.07, 6.45) is -1.89. The van der Waals surface area contributed by atoms with Crippen molar-refractivity contribution in [2.24, 2.45) is 0 Å². The Bertz CT molecular complexity index is 493. The Morgan fingerprint density at radius 1 is 0.722 bits per heavy atom. The lowest BCUT2D eigenvalue weighted by atomic mass is 9.98. The minimum atomic E-state index is -0.947. The lowest BCUT2D eigenvalue weighted by molar-refractivity contribution is 0.0172. The second kappa shape index (κ2) is 5.97. The van der Waals surface area contributed by atoms with Gasteiger partial charge >= 0.3 is 0 Å². The molecule has 0 saturated carbocycles. The van der Waals surface area contributed by atoms with E-state index in [0.717, 1.165) is 8.95 Å². The van der Waals surface area contributed by atoms with Crippen molar-refractivity contribution in [3.63, 3.8) is 0 Å². The predicted octanol–water partition coefficient (Wildman–Crippen LogP) is 3.98. The first-order valence-corrected chi connectivity index (χ1v) is 7.03. The SMILES string of the molecule is O[C@H](c1cccc(Br)c1)[C@H](O)c1cccc(Br)c1. The van der Waals surface area contributed by atoms with E-state index in [4.69, 9.17) is 0 Å². The van der Waals surface area contributed by atoms with Crippen LogP contribution in [0.15, 0.2) is 57.5 Å². The Morgan fingerprint density at radius 3 is 1.44 bits per heavy atom. The summed E-state index contributed by atoms with van der Waals surface area (Å²) in [5.41, 5.74) is 1.36. The van der Waals surface area contributed by atoms with Crippen LogP contribution in [0.2, 0.25) is 0 Å². The van der Waals surface area contributed by atoms with E-state index in [9.17, 15) is 10.2 Å². The molecule has 0 aliphatic rings. The lowest BCUT2D eigenvalue weighted by Gasteiger charge is -2.19. The summed E-state index contributed by atoms with van der Waals surface area (Å²) >= 11 is 6.69. The fourth-order valence-electron chi connectivity index (χ4n) is 1.75. The molecule has 0 amide bonds. The van der Waals surface area contributed by atoms with E-state index in [1.165, 1.54) is 0 Å². The molecule has 0 unspecified atom stereocenters. The first-order chi connectivity index (χ1) is 8.58. The third-order valence-electron chi connectivity index (χ3n) is 2.68. The van der Waals surface area contributed by atoms with Crippen molar-refractivity contribution in [2.75, 3.05) is 0 Å². The van der Waals surface area contributed by atoms with Crippen LogP contribution in [0.5, 0.6) is 0 Å². The highest BCUT2D eigenvalue weighted by Crippen LogP contribution is 2.30. The number of aliphatic hydroxyl groups is 2. The predicted molar refractivity (Wildman–Crippen MR) is 78.2 cm³/mol. The minimum Gasteiger partial charge on any atom is -0.385 e. The van der Waals surface area contributed by atoms with Gasteiger partial charge in [-0.1, -0.05) is 56.1 Å². The summed E-state index contributed by atoms with van der Waals surface area (Å²) in [4.78, 5) is 0. The van der Waals surface area contributed by atoms with Crippen LogP contribution in [-0.2, 0) is 0 Å². The third kappa shape index (κ3) is 3.20. The summed E-state index contributed by atoms with van der Waals surface area (Å²) in [6, 6.07) is 14.6. The Morgan fingerprint density at radius 2 is 1.11 bits per heavy atom. The smallest absolute Gasteiger partial charge is 0.109 e. The second-order valence-corrected chi connectivity index (χ2v) is 5.83. The summed E-state index contributed by atoms with van der Waals surface area (Å²) < 4.78 is 1.75. The number of aliphatic hydroxyl groups excluding tert-OH is 2. The molecule has 94 valence electrons. The molecule has 2 aromatic rings. The summed E-state index contributed by atoms with van der Waals surface area (Å²) in [5.74, 6) is 0. The van der Waals surface area contributed by atoms with Crippen LogP contribution in [0.4, 0.5) is 0 Å². The molecular weight excluding hydrogens is 360 g/mol. The van der Waals surface area contributed by atoms with Crippen LogP contribution in [0.1, 0.15) is 23.3 Å². The van der Waals surface area contributed by atoms with Gasteiger partial charge < -0.3 is 10.2 Å². The maximum atomic E-state index is 10.2. The molecule has 18 heavy (non-hydrogen) atoms. The molecule has 0 aliphatic heterocycles. The lowest BCUT2D eigenvalue weighted by Crippen LogP contribution is -2.10. The van der Waals surface area contributed by atoms with Gasteiger partial charge in [0, 0.05) is 8.95 Å². The van der Waals surface area contributed by atoms with Crippen molar-refractivity contribution in [1.82, 2.24) is 0 Å². The van der Waals surface area contributed by atoms with Crippen molar-refractivity contribution >= 4 is 31.9 Å². The van der Waals surface area contributed by atoms with Crippen LogP contribution < -0.4 is 0 Å². The first kappa shape index (κ1) is 13.7. The summed E-state index contributed by atoms with van der Waals surface area (Å²) in [5, 5.41) is 20.3. The number of halogens is 2. The molecule has 0 aromatic heterocycles. The third-order valence-corrected chi connectivity index (χ3v) is 3.67. The van der Waals surface area contributed by atoms with Crippen molar-refractivity contribution in [2.45, 2.75) is 12.2 Å². The van der Waals surface area contributed by atoms with Crippen LogP contribution in [0.25, 0.3) is 0 Å². The maximum Gasteiger partial charge on any atom is 0.109 e. The fraction of sp³-hybridized carbons (Fsp3) is 0.143. The molecule has 0 fully saturated rings. The molecule has 0 aliphatic carbocycles. The molecule has 4 heteroatoms. The van der Waals surface area contributed by atoms with Gasteiger partial charge in [0.05, 0.1) is 0 Å². The molecule has 0 bridgehead atoms. The van der Waals surface area contributed by atoms with Crippen molar-refractivity contribution in [3.05, 3.63) is 68.6 Å². The average Bonchev–Trinajstić information content (AvgIpc) is 2.37. The molecule has 0 saturated heterocycles. The van der Waals surface area contributed by atoms with Crippen LogP contribution in [-0.4, -0.2) is 10.2 Å². The minimum absolute atomic E-state index is 0.678. The molecule has 2 atom stereocenters. The summed E-state index contributed by atoms with van der Waals surface area (Å²) in [6.45, 7) is 0. The monoisotopic (exact) mass is 370 g/mol. The molecule has 2 aromatic carbocycles. The normalized spacial score (nSPS) is 14.2. The van der Waals surface area contributed by atoms with Gasteiger partial charge in [-0.05, 0) is 35.4 Å². The standard InChI is InChI=1S/C14H12Br2O2/c15-11-5-1-3-9(7-11)13(17)14(18)10-4-2-6-12(16)8-10/h1-8,13-14,17-18H/t13-,14-/m1/s1. The van der Waals surface area contributed by atoms with E-state index in [0.29, 0.717) is 11.1 Å². The Balaban J connectivity index is 2.26. The van der Waals surface area contributed by atoms with Crippen LogP contribution in [0, 0.1) is 0 Å². The molecule has 0 heterocycles. The van der Waals surface area contributed by atoms with Crippen molar-refractivity contribution in [1.29, 1.82) is 0 Å². The zero-order valence-electron chi connectivity index (χ0n) is 9.42. The number of benzene rings is 2. The van der Waals surface area contributed by atoms with E-state index in [1.54, 1.807) is 24.3 Å². The number of rotatable bonds is 3. The van der Waals surface area contributed by atoms with Gasteiger partial charge in [0.25, 0.3) is 0 Å². The maximum absolute atomic E-state index is 10.2. The zero-order valence-corrected chi connectivity index (χ0v) is 12.6. The van der Waals surface area contributed by atoms with E-state index < -0.39 is 12.2 Å². The highest BCUT2D eigenvalue weighted by atomic mass is 79.9. The van der Waals surface area contributed by atoms with Gasteiger partial charge in [0.2, 0.25) is 0 Å². The molecule has 2 rings (SSSR count). The zero-order chi connectivity index (χ0) is 13.1. The van der Waals surface area contributed by atoms with Gasteiger partial charge in [0.15, 0.2) is 0 Å². The topological polar surface area (TPSA) is 40.5 Å². The molecule has 0 spiro atoms. The quantitative estimate of drug-likeness (QED) is 0.856. The second-order valence-electron chi connectivity index (χ2n) is 4.00. The van der Waals surface area contributed by atoms with Gasteiger partial charge in [-0.25, -0.2) is 0 Å². The molecule has 0 radical (unpaired) electrons. The van der Waals surface area contributed by atoms with Crippen molar-refractivity contribution in [3.8, 4) is 0 Å². The van der Waals surface area contributed by atoms with E-state index >= 15 is 0 Å². The highest BCUT2D eigenvalue weighted by molar-refractivity contribution is 9.10. The Labute approximate surface area is 123 Å².